The summed E-state index contributed by atoms with van der Waals surface area (Å²) in [7, 11) is 0. The first kappa shape index (κ1) is 14.5. The van der Waals surface area contributed by atoms with Crippen LogP contribution in [-0.2, 0) is 11.2 Å². The Kier molecular flexibility index (Phi) is 3.07. The molecular formula is C21H18N2O2. The fourth-order valence-corrected chi connectivity index (χ4v) is 4.45. The number of para-hydroxylation sites is 1. The minimum atomic E-state index is -0.312. The van der Waals surface area contributed by atoms with E-state index in [9.17, 15) is 9.59 Å². The van der Waals surface area contributed by atoms with Crippen LogP contribution in [0.4, 0.5) is 0 Å². The van der Waals surface area contributed by atoms with Gasteiger partial charge < -0.3 is 9.88 Å². The molecule has 1 aromatic heterocycles. The molecule has 124 valence electrons. The van der Waals surface area contributed by atoms with Gasteiger partial charge in [0.1, 0.15) is 0 Å². The minimum Gasteiger partial charge on any atom is -0.358 e. The topological polar surface area (TPSA) is 53.2 Å². The van der Waals surface area contributed by atoms with Crippen LogP contribution in [0.3, 0.4) is 0 Å². The molecule has 0 saturated carbocycles. The van der Waals surface area contributed by atoms with Crippen molar-refractivity contribution in [2.45, 2.75) is 18.9 Å². The van der Waals surface area contributed by atoms with Crippen LogP contribution in [0.2, 0.25) is 0 Å². The summed E-state index contributed by atoms with van der Waals surface area (Å²) in [6.07, 6.45) is 1.12. The lowest BCUT2D eigenvalue weighted by molar-refractivity contribution is -0.129. The number of nitrogens with zero attached hydrogens (tertiary/aromatic N) is 1. The number of aromatic nitrogens is 1. The standard InChI is InChI=1S/C21H18N2O2/c24-18-12-15(21(25)13-6-2-1-3-7-13)20-19-14-8-4-5-9-16(14)22-17(19)10-11-23(18)20/h1-9,15,20,22H,10-12H2/t15-,20-/m0/s1. The maximum absolute atomic E-state index is 13.1. The quantitative estimate of drug-likeness (QED) is 0.731. The van der Waals surface area contributed by atoms with Crippen molar-refractivity contribution in [3.63, 3.8) is 0 Å². The van der Waals surface area contributed by atoms with Gasteiger partial charge in [-0.15, -0.1) is 0 Å². The van der Waals surface area contributed by atoms with Gasteiger partial charge in [0.2, 0.25) is 5.91 Å². The number of benzene rings is 2. The van der Waals surface area contributed by atoms with E-state index in [-0.39, 0.29) is 23.7 Å². The average molecular weight is 330 g/mol. The van der Waals surface area contributed by atoms with Crippen molar-refractivity contribution in [2.24, 2.45) is 5.92 Å². The smallest absolute Gasteiger partial charge is 0.223 e. The number of carbonyl (C=O) groups excluding carboxylic acids is 2. The molecule has 0 aliphatic carbocycles. The number of rotatable bonds is 2. The molecule has 0 unspecified atom stereocenters. The number of carbonyl (C=O) groups is 2. The van der Waals surface area contributed by atoms with Gasteiger partial charge in [0.15, 0.2) is 5.78 Å². The second kappa shape index (κ2) is 5.31. The fraction of sp³-hybridized carbons (Fsp3) is 0.238. The fourth-order valence-electron chi connectivity index (χ4n) is 4.45. The van der Waals surface area contributed by atoms with E-state index in [2.05, 4.69) is 17.1 Å². The average Bonchev–Trinajstić information content (AvgIpc) is 3.19. The van der Waals surface area contributed by atoms with Gasteiger partial charge in [-0.2, -0.15) is 0 Å². The Labute approximate surface area is 145 Å². The van der Waals surface area contributed by atoms with E-state index in [1.165, 1.54) is 5.69 Å². The molecule has 0 spiro atoms. The Hall–Kier alpha value is -2.88. The number of nitrogens with one attached hydrogen (secondary N) is 1. The zero-order chi connectivity index (χ0) is 17.0. The van der Waals surface area contributed by atoms with E-state index >= 15 is 0 Å². The van der Waals surface area contributed by atoms with Crippen LogP contribution in [0.15, 0.2) is 54.6 Å². The first-order valence-corrected chi connectivity index (χ1v) is 8.72. The van der Waals surface area contributed by atoms with E-state index in [0.29, 0.717) is 18.5 Å². The highest BCUT2D eigenvalue weighted by Gasteiger charge is 2.47. The summed E-state index contributed by atoms with van der Waals surface area (Å²) in [5.74, 6) is -0.150. The Morgan fingerprint density at radius 2 is 1.80 bits per heavy atom. The third kappa shape index (κ3) is 2.07. The first-order valence-electron chi connectivity index (χ1n) is 8.72. The van der Waals surface area contributed by atoms with Crippen LogP contribution in [-0.4, -0.2) is 28.1 Å². The van der Waals surface area contributed by atoms with E-state index in [1.807, 2.05) is 47.4 Å². The van der Waals surface area contributed by atoms with Crippen molar-refractivity contribution in [1.82, 2.24) is 9.88 Å². The van der Waals surface area contributed by atoms with Gasteiger partial charge in [-0.1, -0.05) is 48.5 Å². The van der Waals surface area contributed by atoms with Crippen LogP contribution < -0.4 is 0 Å². The molecule has 3 heterocycles. The molecule has 1 fully saturated rings. The zero-order valence-electron chi connectivity index (χ0n) is 13.7. The lowest BCUT2D eigenvalue weighted by atomic mass is 9.84. The maximum atomic E-state index is 13.1. The summed E-state index contributed by atoms with van der Waals surface area (Å²) >= 11 is 0. The maximum Gasteiger partial charge on any atom is 0.223 e. The Morgan fingerprint density at radius 1 is 1.04 bits per heavy atom. The number of amides is 1. The molecule has 1 saturated heterocycles. The summed E-state index contributed by atoms with van der Waals surface area (Å²) in [5, 5.41) is 1.13. The molecule has 0 bridgehead atoms. The summed E-state index contributed by atoms with van der Waals surface area (Å²) in [5.41, 5.74) is 4.08. The second-order valence-electron chi connectivity index (χ2n) is 6.89. The molecule has 0 radical (unpaired) electrons. The molecule has 2 aromatic carbocycles. The predicted molar refractivity (Wildman–Crippen MR) is 95.3 cm³/mol. The molecule has 2 aliphatic rings. The largest absolute Gasteiger partial charge is 0.358 e. The van der Waals surface area contributed by atoms with Crippen LogP contribution in [0.5, 0.6) is 0 Å². The van der Waals surface area contributed by atoms with E-state index in [4.69, 9.17) is 0 Å². The van der Waals surface area contributed by atoms with E-state index < -0.39 is 0 Å². The number of hydrogen-bond donors (Lipinski definition) is 1. The Balaban J connectivity index is 1.65. The number of H-pyrrole nitrogens is 1. The third-order valence-corrected chi connectivity index (χ3v) is 5.55. The zero-order valence-corrected chi connectivity index (χ0v) is 13.7. The highest BCUT2D eigenvalue weighted by atomic mass is 16.2. The lowest BCUT2D eigenvalue weighted by Gasteiger charge is -2.32. The summed E-state index contributed by atoms with van der Waals surface area (Å²) in [6, 6.07) is 17.3. The highest BCUT2D eigenvalue weighted by molar-refractivity contribution is 6.03. The summed E-state index contributed by atoms with van der Waals surface area (Å²) < 4.78 is 0. The van der Waals surface area contributed by atoms with Crippen LogP contribution >= 0.6 is 0 Å². The minimum absolute atomic E-state index is 0.0691. The number of aromatic amines is 1. The molecule has 1 N–H and O–H groups in total. The molecule has 4 nitrogen and oxygen atoms in total. The van der Waals surface area contributed by atoms with E-state index in [1.54, 1.807) is 0 Å². The van der Waals surface area contributed by atoms with Gasteiger partial charge in [0, 0.05) is 47.1 Å². The molecule has 3 aromatic rings. The Bertz CT molecular complexity index is 990. The first-order chi connectivity index (χ1) is 12.2. The monoisotopic (exact) mass is 330 g/mol. The number of hydrogen-bond acceptors (Lipinski definition) is 2. The van der Waals surface area contributed by atoms with Crippen molar-refractivity contribution < 1.29 is 9.59 Å². The molecule has 2 atom stereocenters. The van der Waals surface area contributed by atoms with Crippen molar-refractivity contribution >= 4 is 22.6 Å². The molecule has 5 rings (SSSR count). The normalized spacial score (nSPS) is 22.1. The predicted octanol–water partition coefficient (Wildman–Crippen LogP) is 3.50. The molecule has 1 amide bonds. The SMILES string of the molecule is O=C(c1ccccc1)[C@H]1CC(=O)N2CCc3[nH]c4ccccc4c3[C@H]12. The number of Topliss-reactive ketones (excluding diaryl/α,β-unsaturated/α-hetero) is 1. The molecule has 4 heteroatoms. The van der Waals surface area contributed by atoms with Gasteiger partial charge in [-0.3, -0.25) is 9.59 Å². The van der Waals surface area contributed by atoms with Crippen molar-refractivity contribution in [1.29, 1.82) is 0 Å². The summed E-state index contributed by atoms with van der Waals surface area (Å²) in [6.45, 7) is 0.682. The number of ketones is 1. The van der Waals surface area contributed by atoms with Gasteiger partial charge in [-0.05, 0) is 6.07 Å². The molecule has 2 aliphatic heterocycles. The lowest BCUT2D eigenvalue weighted by Crippen LogP contribution is -2.36. The highest BCUT2D eigenvalue weighted by Crippen LogP contribution is 2.46. The van der Waals surface area contributed by atoms with Gasteiger partial charge in [0.25, 0.3) is 0 Å². The van der Waals surface area contributed by atoms with Crippen LogP contribution in [0.1, 0.15) is 34.1 Å². The van der Waals surface area contributed by atoms with Crippen molar-refractivity contribution in [3.8, 4) is 0 Å². The van der Waals surface area contributed by atoms with Gasteiger partial charge in [-0.25, -0.2) is 0 Å². The van der Waals surface area contributed by atoms with Crippen LogP contribution in [0.25, 0.3) is 10.9 Å². The molecule has 25 heavy (non-hydrogen) atoms. The molecular weight excluding hydrogens is 312 g/mol. The van der Waals surface area contributed by atoms with Crippen LogP contribution in [0, 0.1) is 5.92 Å². The van der Waals surface area contributed by atoms with Crippen molar-refractivity contribution in [2.75, 3.05) is 6.54 Å². The van der Waals surface area contributed by atoms with E-state index in [0.717, 1.165) is 22.9 Å². The van der Waals surface area contributed by atoms with Gasteiger partial charge in [0.05, 0.1) is 12.0 Å². The van der Waals surface area contributed by atoms with Gasteiger partial charge >= 0.3 is 0 Å². The van der Waals surface area contributed by atoms with Crippen molar-refractivity contribution in [3.05, 3.63) is 71.4 Å². The number of fused-ring (bicyclic) bond motifs is 5. The Morgan fingerprint density at radius 3 is 2.64 bits per heavy atom. The third-order valence-electron chi connectivity index (χ3n) is 5.55. The summed E-state index contributed by atoms with van der Waals surface area (Å²) in [4.78, 5) is 31.1. The second-order valence-corrected chi connectivity index (χ2v) is 6.89.